The summed E-state index contributed by atoms with van der Waals surface area (Å²) in [5.41, 5.74) is 0. The van der Waals surface area contributed by atoms with Crippen LogP contribution in [0, 0.1) is 0 Å². The summed E-state index contributed by atoms with van der Waals surface area (Å²) in [6.07, 6.45) is 2.05. The second-order valence-electron chi connectivity index (χ2n) is 4.72. The summed E-state index contributed by atoms with van der Waals surface area (Å²) < 4.78 is 0. The van der Waals surface area contributed by atoms with Gasteiger partial charge >= 0.3 is 0 Å². The fraction of sp³-hybridized carbons (Fsp3) is 0.636. The van der Waals surface area contributed by atoms with Gasteiger partial charge in [-0.25, -0.2) is 4.98 Å². The third-order valence-electron chi connectivity index (χ3n) is 2.60. The predicted octanol–water partition coefficient (Wildman–Crippen LogP) is -0.0635. The molecular weight excluding hydrogens is 234 g/mol. The number of aromatic amines is 1. The third kappa shape index (κ3) is 3.28. The van der Waals surface area contributed by atoms with Crippen LogP contribution in [0.5, 0.6) is 0 Å². The Kier molecular flexibility index (Phi) is 3.59. The van der Waals surface area contributed by atoms with Gasteiger partial charge < -0.3 is 10.6 Å². The number of carbonyl (C=O) groups is 2. The quantitative estimate of drug-likeness (QED) is 0.682. The Morgan fingerprint density at radius 2 is 2.17 bits per heavy atom. The molecule has 98 valence electrons. The van der Waals surface area contributed by atoms with Crippen molar-refractivity contribution in [2.24, 2.45) is 0 Å². The molecule has 0 bridgehead atoms. The summed E-state index contributed by atoms with van der Waals surface area (Å²) in [5.74, 6) is 0.285. The Bertz CT molecular complexity index is 450. The van der Waals surface area contributed by atoms with Gasteiger partial charge in [0.05, 0.1) is 6.54 Å². The summed E-state index contributed by atoms with van der Waals surface area (Å²) in [5, 5.41) is 11.8. The van der Waals surface area contributed by atoms with Crippen LogP contribution in [0.3, 0.4) is 0 Å². The molecule has 18 heavy (non-hydrogen) atoms. The van der Waals surface area contributed by atoms with Gasteiger partial charge in [0.25, 0.3) is 5.91 Å². The second-order valence-corrected chi connectivity index (χ2v) is 4.72. The molecule has 2 rings (SSSR count). The number of aromatic nitrogens is 3. The minimum absolute atomic E-state index is 0.0408. The van der Waals surface area contributed by atoms with E-state index in [0.717, 1.165) is 12.8 Å². The molecule has 0 unspecified atom stereocenters. The van der Waals surface area contributed by atoms with Crippen LogP contribution in [0.4, 0.5) is 0 Å². The molecule has 3 N–H and O–H groups in total. The lowest BCUT2D eigenvalue weighted by molar-refractivity contribution is -0.120. The van der Waals surface area contributed by atoms with Crippen molar-refractivity contribution in [3.05, 3.63) is 11.6 Å². The maximum absolute atomic E-state index is 11.7. The second kappa shape index (κ2) is 5.16. The number of nitrogens with one attached hydrogen (secondary N) is 3. The zero-order valence-corrected chi connectivity index (χ0v) is 10.5. The van der Waals surface area contributed by atoms with Gasteiger partial charge in [-0.1, -0.05) is 13.8 Å². The van der Waals surface area contributed by atoms with Gasteiger partial charge in [-0.3, -0.25) is 14.7 Å². The van der Waals surface area contributed by atoms with E-state index in [1.165, 1.54) is 0 Å². The fourth-order valence-electron chi connectivity index (χ4n) is 1.38. The summed E-state index contributed by atoms with van der Waals surface area (Å²) in [6, 6.07) is 0.297. The van der Waals surface area contributed by atoms with Crippen molar-refractivity contribution in [1.29, 1.82) is 0 Å². The molecule has 7 nitrogen and oxygen atoms in total. The van der Waals surface area contributed by atoms with Gasteiger partial charge in [0.15, 0.2) is 0 Å². The van der Waals surface area contributed by atoms with Crippen LogP contribution in [-0.4, -0.2) is 39.6 Å². The van der Waals surface area contributed by atoms with Crippen LogP contribution in [0.25, 0.3) is 0 Å². The van der Waals surface area contributed by atoms with Crippen molar-refractivity contribution in [2.75, 3.05) is 6.54 Å². The minimum atomic E-state index is -0.441. The molecule has 1 fully saturated rings. The lowest BCUT2D eigenvalue weighted by atomic mass is 10.2. The predicted molar refractivity (Wildman–Crippen MR) is 64.0 cm³/mol. The monoisotopic (exact) mass is 251 g/mol. The van der Waals surface area contributed by atoms with Crippen molar-refractivity contribution in [3.8, 4) is 0 Å². The molecule has 0 spiro atoms. The van der Waals surface area contributed by atoms with Crippen LogP contribution in [0.15, 0.2) is 0 Å². The third-order valence-corrected chi connectivity index (χ3v) is 2.60. The standard InChI is InChI=1S/C11H17N5O2/c1-6(2)9-14-10(16-15-9)11(18)12-5-8(17)13-7-3-4-7/h6-7H,3-5H2,1-2H3,(H,12,18)(H,13,17)(H,14,15,16). The van der Waals surface area contributed by atoms with Gasteiger partial charge in [-0.2, -0.15) is 0 Å². The zero-order chi connectivity index (χ0) is 13.1. The molecule has 7 heteroatoms. The number of hydrogen-bond donors (Lipinski definition) is 3. The van der Waals surface area contributed by atoms with Crippen molar-refractivity contribution < 1.29 is 9.59 Å². The zero-order valence-electron chi connectivity index (χ0n) is 10.5. The number of rotatable bonds is 5. The fourth-order valence-corrected chi connectivity index (χ4v) is 1.38. The Balaban J connectivity index is 1.80. The molecule has 0 atom stereocenters. The van der Waals surface area contributed by atoms with Crippen LogP contribution in [-0.2, 0) is 4.79 Å². The molecule has 2 amide bonds. The Labute approximate surface area is 105 Å². The first-order valence-electron chi connectivity index (χ1n) is 6.06. The highest BCUT2D eigenvalue weighted by Gasteiger charge is 2.23. The molecule has 1 aliphatic rings. The molecule has 0 saturated heterocycles. The highest BCUT2D eigenvalue weighted by Crippen LogP contribution is 2.18. The van der Waals surface area contributed by atoms with Crippen LogP contribution < -0.4 is 10.6 Å². The summed E-state index contributed by atoms with van der Waals surface area (Å²) in [7, 11) is 0. The molecule has 1 saturated carbocycles. The van der Waals surface area contributed by atoms with Gasteiger partial charge in [-0.05, 0) is 12.8 Å². The normalized spacial score (nSPS) is 14.6. The first kappa shape index (κ1) is 12.5. The van der Waals surface area contributed by atoms with E-state index >= 15 is 0 Å². The number of amides is 2. The van der Waals surface area contributed by atoms with E-state index in [9.17, 15) is 9.59 Å². The SMILES string of the molecule is CC(C)c1nc(C(=O)NCC(=O)NC2CC2)n[nH]1. The summed E-state index contributed by atoms with van der Waals surface area (Å²) >= 11 is 0. The molecule has 1 aliphatic carbocycles. The van der Waals surface area contributed by atoms with Crippen LogP contribution in [0.1, 0.15) is 49.1 Å². The topological polar surface area (TPSA) is 99.8 Å². The maximum atomic E-state index is 11.7. The van der Waals surface area contributed by atoms with E-state index in [2.05, 4.69) is 25.8 Å². The van der Waals surface area contributed by atoms with Crippen molar-refractivity contribution >= 4 is 11.8 Å². The van der Waals surface area contributed by atoms with Gasteiger partial charge in [-0.15, -0.1) is 5.10 Å². The minimum Gasteiger partial charge on any atom is -0.352 e. The van der Waals surface area contributed by atoms with Gasteiger partial charge in [0, 0.05) is 12.0 Å². The average molecular weight is 251 g/mol. The van der Waals surface area contributed by atoms with E-state index in [4.69, 9.17) is 0 Å². The number of nitrogens with zero attached hydrogens (tertiary/aromatic N) is 2. The van der Waals surface area contributed by atoms with Crippen molar-refractivity contribution in [3.63, 3.8) is 0 Å². The largest absolute Gasteiger partial charge is 0.352 e. The molecule has 0 aromatic carbocycles. The molecule has 1 aromatic heterocycles. The highest BCUT2D eigenvalue weighted by atomic mass is 16.2. The molecule has 0 radical (unpaired) electrons. The first-order valence-corrected chi connectivity index (χ1v) is 6.06. The molecular formula is C11H17N5O2. The molecule has 1 heterocycles. The molecule has 0 aliphatic heterocycles. The average Bonchev–Trinajstić information content (AvgIpc) is 2.98. The van der Waals surface area contributed by atoms with Crippen LogP contribution >= 0.6 is 0 Å². The smallest absolute Gasteiger partial charge is 0.291 e. The number of H-pyrrole nitrogens is 1. The first-order chi connectivity index (χ1) is 8.56. The Hall–Kier alpha value is -1.92. The van der Waals surface area contributed by atoms with Crippen molar-refractivity contribution in [2.45, 2.75) is 38.6 Å². The van der Waals surface area contributed by atoms with Gasteiger partial charge in [0.1, 0.15) is 5.82 Å². The van der Waals surface area contributed by atoms with E-state index in [0.29, 0.717) is 11.9 Å². The summed E-state index contributed by atoms with van der Waals surface area (Å²) in [6.45, 7) is 3.86. The number of hydrogen-bond acceptors (Lipinski definition) is 4. The van der Waals surface area contributed by atoms with Crippen molar-refractivity contribution in [1.82, 2.24) is 25.8 Å². The summed E-state index contributed by atoms with van der Waals surface area (Å²) in [4.78, 5) is 27.1. The van der Waals surface area contributed by atoms with E-state index < -0.39 is 5.91 Å². The highest BCUT2D eigenvalue weighted by molar-refractivity contribution is 5.93. The van der Waals surface area contributed by atoms with E-state index in [1.807, 2.05) is 13.8 Å². The number of carbonyl (C=O) groups excluding carboxylic acids is 2. The maximum Gasteiger partial charge on any atom is 0.291 e. The van der Waals surface area contributed by atoms with E-state index in [1.54, 1.807) is 0 Å². The Morgan fingerprint density at radius 3 is 2.72 bits per heavy atom. The Morgan fingerprint density at radius 1 is 1.44 bits per heavy atom. The van der Waals surface area contributed by atoms with Gasteiger partial charge in [0.2, 0.25) is 11.7 Å². The molecule has 1 aromatic rings. The van der Waals surface area contributed by atoms with Crippen LogP contribution in [0.2, 0.25) is 0 Å². The van der Waals surface area contributed by atoms with E-state index in [-0.39, 0.29) is 24.2 Å². The lowest BCUT2D eigenvalue weighted by Crippen LogP contribution is -2.38. The lowest BCUT2D eigenvalue weighted by Gasteiger charge is -2.03.